The molecule has 0 aliphatic carbocycles. The van der Waals surface area contributed by atoms with E-state index in [4.69, 9.17) is 4.74 Å². The molecule has 1 N–H and O–H groups in total. The number of piperidine rings is 1. The molecule has 2 heterocycles. The number of nitrogens with one attached hydrogen (secondary N) is 1. The summed E-state index contributed by atoms with van der Waals surface area (Å²) in [5.41, 5.74) is 2.08. The van der Waals surface area contributed by atoms with Crippen molar-refractivity contribution in [1.82, 2.24) is 14.9 Å². The zero-order valence-electron chi connectivity index (χ0n) is 16.7. The van der Waals surface area contributed by atoms with Gasteiger partial charge in [0.2, 0.25) is 5.88 Å². The van der Waals surface area contributed by atoms with Gasteiger partial charge in [-0.3, -0.25) is 5.32 Å². The van der Waals surface area contributed by atoms with Gasteiger partial charge in [0, 0.05) is 13.1 Å². The summed E-state index contributed by atoms with van der Waals surface area (Å²) in [4.78, 5) is 22.3. The lowest BCUT2D eigenvalue weighted by atomic mass is 9.91. The Morgan fingerprint density at radius 3 is 2.77 bits per heavy atom. The Morgan fingerprint density at radius 1 is 1.33 bits per heavy atom. The SMILES string of the molecule is COc1cnc(NC(=O)N2CC/C(=C\c3cccc(CC(F)(F)F)c3)C(C)C2)cn1. The van der Waals surface area contributed by atoms with Crippen molar-refractivity contribution in [3.05, 3.63) is 53.4 Å². The van der Waals surface area contributed by atoms with E-state index >= 15 is 0 Å². The van der Waals surface area contributed by atoms with Crippen molar-refractivity contribution in [2.75, 3.05) is 25.5 Å². The molecular formula is C21H23F3N4O2. The van der Waals surface area contributed by atoms with Crippen LogP contribution in [-0.2, 0) is 6.42 Å². The summed E-state index contributed by atoms with van der Waals surface area (Å²) in [7, 11) is 1.48. The third kappa shape index (κ3) is 5.95. The van der Waals surface area contributed by atoms with E-state index in [1.54, 1.807) is 23.1 Å². The Hall–Kier alpha value is -3.10. The van der Waals surface area contributed by atoms with Gasteiger partial charge in [-0.05, 0) is 23.5 Å². The molecule has 0 saturated carbocycles. The monoisotopic (exact) mass is 420 g/mol. The molecule has 9 heteroatoms. The van der Waals surface area contributed by atoms with Gasteiger partial charge in [-0.2, -0.15) is 13.2 Å². The summed E-state index contributed by atoms with van der Waals surface area (Å²) in [6, 6.07) is 6.20. The minimum Gasteiger partial charge on any atom is -0.480 e. The van der Waals surface area contributed by atoms with Crippen molar-refractivity contribution in [3.63, 3.8) is 0 Å². The lowest BCUT2D eigenvalue weighted by Crippen LogP contribution is -2.42. The van der Waals surface area contributed by atoms with Crippen molar-refractivity contribution in [3.8, 4) is 5.88 Å². The topological polar surface area (TPSA) is 67.3 Å². The minimum atomic E-state index is -4.23. The zero-order valence-corrected chi connectivity index (χ0v) is 16.7. The molecule has 1 aromatic carbocycles. The fourth-order valence-corrected chi connectivity index (χ4v) is 3.36. The van der Waals surface area contributed by atoms with E-state index in [9.17, 15) is 18.0 Å². The van der Waals surface area contributed by atoms with Crippen LogP contribution in [0.5, 0.6) is 5.88 Å². The highest BCUT2D eigenvalue weighted by Gasteiger charge is 2.28. The largest absolute Gasteiger partial charge is 0.480 e. The quantitative estimate of drug-likeness (QED) is 0.788. The Balaban J connectivity index is 1.61. The number of rotatable bonds is 4. The minimum absolute atomic E-state index is 0.0812. The third-order valence-corrected chi connectivity index (χ3v) is 4.86. The van der Waals surface area contributed by atoms with Gasteiger partial charge < -0.3 is 9.64 Å². The molecule has 1 aromatic heterocycles. The molecule has 160 valence electrons. The number of likely N-dealkylation sites (tertiary alicyclic amines) is 1. The van der Waals surface area contributed by atoms with Gasteiger partial charge in [0.15, 0.2) is 5.82 Å². The van der Waals surface area contributed by atoms with Crippen LogP contribution in [-0.4, -0.2) is 47.3 Å². The Labute approximate surface area is 172 Å². The van der Waals surface area contributed by atoms with Crippen molar-refractivity contribution in [1.29, 1.82) is 0 Å². The normalized spacial score (nSPS) is 18.4. The van der Waals surface area contributed by atoms with Crippen LogP contribution in [0.3, 0.4) is 0 Å². The molecule has 30 heavy (non-hydrogen) atoms. The van der Waals surface area contributed by atoms with E-state index in [0.29, 0.717) is 31.2 Å². The fraction of sp³-hybridized carbons (Fsp3) is 0.381. The Morgan fingerprint density at radius 2 is 2.13 bits per heavy atom. The fourth-order valence-electron chi connectivity index (χ4n) is 3.36. The van der Waals surface area contributed by atoms with Crippen molar-refractivity contribution < 1.29 is 22.7 Å². The van der Waals surface area contributed by atoms with Crippen LogP contribution >= 0.6 is 0 Å². The van der Waals surface area contributed by atoms with Crippen LogP contribution in [0.15, 0.2) is 42.2 Å². The smallest absolute Gasteiger partial charge is 0.393 e. The van der Waals surface area contributed by atoms with Gasteiger partial charge in [0.25, 0.3) is 0 Å². The van der Waals surface area contributed by atoms with E-state index < -0.39 is 12.6 Å². The van der Waals surface area contributed by atoms with Crippen LogP contribution in [0, 0.1) is 5.92 Å². The highest BCUT2D eigenvalue weighted by atomic mass is 19.4. The van der Waals surface area contributed by atoms with Gasteiger partial charge in [0.05, 0.1) is 25.9 Å². The second-order valence-electron chi connectivity index (χ2n) is 7.23. The lowest BCUT2D eigenvalue weighted by molar-refractivity contribution is -0.127. The van der Waals surface area contributed by atoms with Gasteiger partial charge in [-0.25, -0.2) is 14.8 Å². The second kappa shape index (κ2) is 9.15. The van der Waals surface area contributed by atoms with Crippen LogP contribution in [0.4, 0.5) is 23.8 Å². The van der Waals surface area contributed by atoms with E-state index in [2.05, 4.69) is 15.3 Å². The van der Waals surface area contributed by atoms with Crippen LogP contribution in [0.1, 0.15) is 24.5 Å². The number of aromatic nitrogens is 2. The molecule has 2 aromatic rings. The Bertz CT molecular complexity index is 913. The van der Waals surface area contributed by atoms with Crippen molar-refractivity contribution >= 4 is 17.9 Å². The molecule has 1 saturated heterocycles. The third-order valence-electron chi connectivity index (χ3n) is 4.86. The number of carbonyl (C=O) groups is 1. The molecule has 2 amide bonds. The number of benzene rings is 1. The maximum Gasteiger partial charge on any atom is 0.393 e. The molecule has 1 unspecified atom stereocenters. The predicted molar refractivity (Wildman–Crippen MR) is 107 cm³/mol. The van der Waals surface area contributed by atoms with Gasteiger partial charge >= 0.3 is 12.2 Å². The Kier molecular flexibility index (Phi) is 6.59. The van der Waals surface area contributed by atoms with Gasteiger partial charge in [0.1, 0.15) is 0 Å². The summed E-state index contributed by atoms with van der Waals surface area (Å²) in [6.07, 6.45) is 0.237. The summed E-state index contributed by atoms with van der Waals surface area (Å²) >= 11 is 0. The van der Waals surface area contributed by atoms with Gasteiger partial charge in [-0.1, -0.05) is 42.8 Å². The lowest BCUT2D eigenvalue weighted by Gasteiger charge is -2.33. The number of halogens is 3. The first-order valence-electron chi connectivity index (χ1n) is 9.51. The summed E-state index contributed by atoms with van der Waals surface area (Å²) in [5.74, 6) is 0.766. The molecule has 1 fully saturated rings. The number of anilines is 1. The maximum atomic E-state index is 12.6. The van der Waals surface area contributed by atoms with Gasteiger partial charge in [-0.15, -0.1) is 0 Å². The van der Waals surface area contributed by atoms with E-state index in [1.807, 2.05) is 13.0 Å². The summed E-state index contributed by atoms with van der Waals surface area (Å²) in [6.45, 7) is 3.01. The molecule has 1 aliphatic heterocycles. The number of urea groups is 1. The number of carbonyl (C=O) groups excluding carboxylic acids is 1. The summed E-state index contributed by atoms with van der Waals surface area (Å²) in [5, 5.41) is 2.71. The first kappa shape index (κ1) is 21.6. The van der Waals surface area contributed by atoms with Crippen molar-refractivity contribution in [2.45, 2.75) is 25.9 Å². The van der Waals surface area contributed by atoms with Crippen LogP contribution in [0.25, 0.3) is 6.08 Å². The number of hydrogen-bond acceptors (Lipinski definition) is 4. The molecule has 6 nitrogen and oxygen atoms in total. The number of alkyl halides is 3. The van der Waals surface area contributed by atoms with E-state index in [0.717, 1.165) is 11.1 Å². The average Bonchev–Trinajstić information content (AvgIpc) is 2.69. The number of ether oxygens (including phenoxy) is 1. The molecule has 1 atom stereocenters. The van der Waals surface area contributed by atoms with E-state index in [1.165, 1.54) is 25.6 Å². The van der Waals surface area contributed by atoms with Crippen LogP contribution in [0.2, 0.25) is 0 Å². The maximum absolute atomic E-state index is 12.6. The van der Waals surface area contributed by atoms with E-state index in [-0.39, 0.29) is 17.5 Å². The molecule has 1 aliphatic rings. The standard InChI is InChI=1S/C21H23F3N4O2/c1-14-13-28(20(29)27-18-11-26-19(30-2)12-25-18)7-6-17(14)9-15-4-3-5-16(8-15)10-21(22,23)24/h3-5,8-9,11-12,14H,6-7,10,13H2,1-2H3,(H,25,27,29)/b17-9+. The zero-order chi connectivity index (χ0) is 21.7. The first-order chi connectivity index (χ1) is 14.2. The number of methoxy groups -OCH3 is 1. The highest BCUT2D eigenvalue weighted by molar-refractivity contribution is 5.88. The number of nitrogens with zero attached hydrogens (tertiary/aromatic N) is 3. The predicted octanol–water partition coefficient (Wildman–Crippen LogP) is 4.55. The first-order valence-corrected chi connectivity index (χ1v) is 9.51. The molecule has 0 radical (unpaired) electrons. The molecule has 0 bridgehead atoms. The second-order valence-corrected chi connectivity index (χ2v) is 7.23. The molecule has 0 spiro atoms. The highest BCUT2D eigenvalue weighted by Crippen LogP contribution is 2.27. The van der Waals surface area contributed by atoms with Crippen molar-refractivity contribution in [2.24, 2.45) is 5.92 Å². The molecule has 3 rings (SSSR count). The average molecular weight is 420 g/mol. The number of amides is 2. The summed E-state index contributed by atoms with van der Waals surface area (Å²) < 4.78 is 42.8. The molecular weight excluding hydrogens is 397 g/mol. The van der Waals surface area contributed by atoms with Crippen LogP contribution < -0.4 is 10.1 Å². The number of hydrogen-bond donors (Lipinski definition) is 1.